The van der Waals surface area contributed by atoms with E-state index < -0.39 is 0 Å². The smallest absolute Gasteiger partial charge is 0.417 e. The highest BCUT2D eigenvalue weighted by molar-refractivity contribution is 5.38. The van der Waals surface area contributed by atoms with Gasteiger partial charge in [0.15, 0.2) is 0 Å². The first-order valence-corrected chi connectivity index (χ1v) is 6.96. The Morgan fingerprint density at radius 2 is 1.06 bits per heavy atom. The Hall–Kier alpha value is -0.530. The van der Waals surface area contributed by atoms with Crippen LogP contribution >= 0.6 is 0 Å². The van der Waals surface area contributed by atoms with Crippen molar-refractivity contribution in [1.29, 1.82) is 0 Å². The normalized spacial score (nSPS) is 22.5. The molecule has 1 aliphatic rings. The summed E-state index contributed by atoms with van der Waals surface area (Å²) in [6.45, 7) is 1.61. The molecule has 1 radical (unpaired) electrons. The summed E-state index contributed by atoms with van der Waals surface area (Å²) < 4.78 is 5.01. The van der Waals surface area contributed by atoms with Gasteiger partial charge in [0.1, 0.15) is 6.10 Å². The van der Waals surface area contributed by atoms with E-state index in [-0.39, 0.29) is 6.10 Å². The third kappa shape index (κ3) is 6.86. The lowest BCUT2D eigenvalue weighted by Crippen LogP contribution is -2.11. The molecule has 16 heavy (non-hydrogen) atoms. The van der Waals surface area contributed by atoms with E-state index in [4.69, 9.17) is 4.74 Å². The summed E-state index contributed by atoms with van der Waals surface area (Å²) in [4.78, 5) is 10.3. The van der Waals surface area contributed by atoms with Crippen LogP contribution < -0.4 is 0 Å². The van der Waals surface area contributed by atoms with E-state index in [1.54, 1.807) is 6.47 Å². The summed E-state index contributed by atoms with van der Waals surface area (Å²) in [6.07, 6.45) is 15.5. The minimum atomic E-state index is 0.137. The first kappa shape index (κ1) is 13.5. The van der Waals surface area contributed by atoms with Crippen molar-refractivity contribution < 1.29 is 9.53 Å². The molecule has 0 heterocycles. The zero-order valence-corrected chi connectivity index (χ0v) is 10.4. The van der Waals surface area contributed by atoms with Gasteiger partial charge in [-0.1, -0.05) is 51.4 Å². The van der Waals surface area contributed by atoms with E-state index in [2.05, 4.69) is 0 Å². The van der Waals surface area contributed by atoms with Gasteiger partial charge in [-0.15, -0.1) is 0 Å². The van der Waals surface area contributed by atoms with Crippen LogP contribution in [0.1, 0.15) is 77.0 Å². The Morgan fingerprint density at radius 3 is 1.44 bits per heavy atom. The van der Waals surface area contributed by atoms with Crippen molar-refractivity contribution in [3.05, 3.63) is 0 Å². The molecule has 1 rings (SSSR count). The van der Waals surface area contributed by atoms with Crippen LogP contribution in [0.3, 0.4) is 0 Å². The third-order valence-electron chi connectivity index (χ3n) is 3.52. The quantitative estimate of drug-likeness (QED) is 0.706. The average Bonchev–Trinajstić information content (AvgIpc) is 2.31. The van der Waals surface area contributed by atoms with Crippen LogP contribution in [0.15, 0.2) is 0 Å². The maximum absolute atomic E-state index is 10.3. The number of rotatable bonds is 2. The zero-order valence-electron chi connectivity index (χ0n) is 10.4. The number of ether oxygens (including phenoxy) is 1. The highest BCUT2D eigenvalue weighted by Gasteiger charge is 2.09. The largest absolute Gasteiger partial charge is 0.454 e. The van der Waals surface area contributed by atoms with Crippen molar-refractivity contribution in [2.24, 2.45) is 0 Å². The molecule has 0 N–H and O–H groups in total. The lowest BCUT2D eigenvalue weighted by atomic mass is 10.0. The average molecular weight is 225 g/mol. The van der Waals surface area contributed by atoms with Crippen molar-refractivity contribution in [3.63, 3.8) is 0 Å². The topological polar surface area (TPSA) is 26.3 Å². The first-order chi connectivity index (χ1) is 7.93. The van der Waals surface area contributed by atoms with Crippen molar-refractivity contribution in [3.8, 4) is 0 Å². The molecule has 1 aliphatic carbocycles. The van der Waals surface area contributed by atoms with E-state index >= 15 is 0 Å². The Kier molecular flexibility index (Phi) is 8.19. The van der Waals surface area contributed by atoms with E-state index in [1.165, 1.54) is 64.2 Å². The summed E-state index contributed by atoms with van der Waals surface area (Å²) in [5, 5.41) is 0. The number of hydrogen-bond acceptors (Lipinski definition) is 2. The van der Waals surface area contributed by atoms with Crippen LogP contribution in [-0.2, 0) is 9.53 Å². The Balaban J connectivity index is 2.23. The standard InChI is InChI=1S/C14H25O2/c15-13-16-14-11-9-7-5-3-1-2-4-6-8-10-12-14/h14H,1-12H2. The van der Waals surface area contributed by atoms with Crippen molar-refractivity contribution in [2.45, 2.75) is 83.2 Å². The van der Waals surface area contributed by atoms with Crippen LogP contribution in [0.4, 0.5) is 0 Å². The van der Waals surface area contributed by atoms with Gasteiger partial charge in [-0.25, -0.2) is 4.79 Å². The maximum Gasteiger partial charge on any atom is 0.417 e. The summed E-state index contributed by atoms with van der Waals surface area (Å²) in [5.74, 6) is 0. The minimum absolute atomic E-state index is 0.137. The Morgan fingerprint density at radius 1 is 0.688 bits per heavy atom. The van der Waals surface area contributed by atoms with Gasteiger partial charge < -0.3 is 4.74 Å². The predicted octanol–water partition coefficient (Wildman–Crippen LogP) is 4.13. The van der Waals surface area contributed by atoms with Crippen molar-refractivity contribution >= 4 is 6.47 Å². The van der Waals surface area contributed by atoms with Crippen LogP contribution in [0, 0.1) is 0 Å². The molecule has 0 aromatic rings. The van der Waals surface area contributed by atoms with E-state index in [9.17, 15) is 4.79 Å². The molecule has 0 saturated heterocycles. The predicted molar refractivity (Wildman–Crippen MR) is 66.0 cm³/mol. The van der Waals surface area contributed by atoms with Gasteiger partial charge >= 0.3 is 6.47 Å². The fraction of sp³-hybridized carbons (Fsp3) is 0.929. The minimum Gasteiger partial charge on any atom is -0.454 e. The number of carbonyl (C=O) groups excluding carboxylic acids is 1. The molecule has 0 aromatic heterocycles. The molecule has 0 aromatic carbocycles. The van der Waals surface area contributed by atoms with Crippen LogP contribution in [-0.4, -0.2) is 12.6 Å². The zero-order chi connectivity index (χ0) is 11.5. The van der Waals surface area contributed by atoms with Gasteiger partial charge in [0.05, 0.1) is 0 Å². The molecule has 0 atom stereocenters. The number of hydrogen-bond donors (Lipinski definition) is 0. The van der Waals surface area contributed by atoms with Crippen LogP contribution in [0.25, 0.3) is 0 Å². The first-order valence-electron chi connectivity index (χ1n) is 6.96. The van der Waals surface area contributed by atoms with Gasteiger partial charge in [-0.3, -0.25) is 0 Å². The second-order valence-corrected chi connectivity index (χ2v) is 4.94. The van der Waals surface area contributed by atoms with Crippen LogP contribution in [0.5, 0.6) is 0 Å². The van der Waals surface area contributed by atoms with E-state index in [0.29, 0.717) is 0 Å². The molecule has 0 spiro atoms. The van der Waals surface area contributed by atoms with Gasteiger partial charge in [0.2, 0.25) is 0 Å². The maximum atomic E-state index is 10.3. The summed E-state index contributed by atoms with van der Waals surface area (Å²) >= 11 is 0. The molecule has 0 bridgehead atoms. The molecule has 0 amide bonds. The van der Waals surface area contributed by atoms with Crippen molar-refractivity contribution in [1.82, 2.24) is 0 Å². The molecule has 0 aliphatic heterocycles. The molecular formula is C14H25O2. The lowest BCUT2D eigenvalue weighted by molar-refractivity contribution is 0.151. The Labute approximate surface area is 99.8 Å². The van der Waals surface area contributed by atoms with Gasteiger partial charge in [0.25, 0.3) is 0 Å². The summed E-state index contributed by atoms with van der Waals surface area (Å²) in [5.41, 5.74) is 0. The third-order valence-corrected chi connectivity index (χ3v) is 3.52. The second kappa shape index (κ2) is 9.68. The monoisotopic (exact) mass is 225 g/mol. The molecular weight excluding hydrogens is 200 g/mol. The van der Waals surface area contributed by atoms with Gasteiger partial charge in [-0.05, 0) is 25.7 Å². The molecule has 2 nitrogen and oxygen atoms in total. The SMILES string of the molecule is O=[C]OC1CCCCCCCCCCCC1. The van der Waals surface area contributed by atoms with E-state index in [0.717, 1.165) is 12.8 Å². The van der Waals surface area contributed by atoms with E-state index in [1.807, 2.05) is 0 Å². The highest BCUT2D eigenvalue weighted by atomic mass is 16.5. The molecule has 1 saturated carbocycles. The fourth-order valence-corrected chi connectivity index (χ4v) is 2.49. The lowest BCUT2D eigenvalue weighted by Gasteiger charge is -2.13. The molecule has 93 valence electrons. The molecule has 1 fully saturated rings. The summed E-state index contributed by atoms with van der Waals surface area (Å²) in [7, 11) is 0. The Bertz CT molecular complexity index is 154. The molecule has 0 unspecified atom stereocenters. The second-order valence-electron chi connectivity index (χ2n) is 4.94. The molecule has 2 heteroatoms. The van der Waals surface area contributed by atoms with Crippen LogP contribution in [0.2, 0.25) is 0 Å². The summed E-state index contributed by atoms with van der Waals surface area (Å²) in [6, 6.07) is 0. The fourth-order valence-electron chi connectivity index (χ4n) is 2.49. The van der Waals surface area contributed by atoms with Gasteiger partial charge in [0, 0.05) is 0 Å². The van der Waals surface area contributed by atoms with Gasteiger partial charge in [-0.2, -0.15) is 0 Å². The van der Waals surface area contributed by atoms with Crippen molar-refractivity contribution in [2.75, 3.05) is 0 Å². The highest BCUT2D eigenvalue weighted by Crippen LogP contribution is 2.18.